The van der Waals surface area contributed by atoms with Crippen LogP contribution in [0.2, 0.25) is 0 Å². The molecule has 0 fully saturated rings. The smallest absolute Gasteiger partial charge is 0.335 e. The molecule has 26 heavy (non-hydrogen) atoms. The minimum atomic E-state index is -1.29. The van der Waals surface area contributed by atoms with Crippen molar-refractivity contribution in [3.8, 4) is 23.0 Å². The number of carbonyl (C=O) groups is 1. The highest BCUT2D eigenvalue weighted by Gasteiger charge is 2.11. The first-order chi connectivity index (χ1) is 12.2. The van der Waals surface area contributed by atoms with Crippen LogP contribution >= 0.6 is 0 Å². The second kappa shape index (κ2) is 7.47. The Morgan fingerprint density at radius 3 is 2.23 bits per heavy atom. The lowest BCUT2D eigenvalue weighted by Gasteiger charge is -2.05. The summed E-state index contributed by atoms with van der Waals surface area (Å²) in [6, 6.07) is 8.98. The van der Waals surface area contributed by atoms with Gasteiger partial charge >= 0.3 is 5.97 Å². The van der Waals surface area contributed by atoms with Crippen molar-refractivity contribution in [1.82, 2.24) is 4.98 Å². The van der Waals surface area contributed by atoms with Crippen LogP contribution in [0.25, 0.3) is 10.9 Å². The van der Waals surface area contributed by atoms with Gasteiger partial charge in [-0.2, -0.15) is 0 Å². The molecule has 0 aliphatic rings. The molecule has 0 saturated heterocycles. The second-order valence-corrected chi connectivity index (χ2v) is 5.37. The largest absolute Gasteiger partial charge is 0.504 e. The number of benzene rings is 2. The van der Waals surface area contributed by atoms with Gasteiger partial charge in [-0.1, -0.05) is 12.1 Å². The number of pyridine rings is 1. The van der Waals surface area contributed by atoms with Gasteiger partial charge in [0.05, 0.1) is 18.2 Å². The number of H-pyrrole nitrogens is 1. The van der Waals surface area contributed by atoms with Crippen molar-refractivity contribution in [2.24, 2.45) is 0 Å². The number of aromatic amines is 1. The predicted octanol–water partition coefficient (Wildman–Crippen LogP) is 2.35. The number of phenols is 3. The van der Waals surface area contributed by atoms with Gasteiger partial charge in [0.1, 0.15) is 5.75 Å². The minimum absolute atomic E-state index is 0.0977. The van der Waals surface area contributed by atoms with Crippen molar-refractivity contribution < 1.29 is 30.0 Å². The van der Waals surface area contributed by atoms with E-state index in [4.69, 9.17) is 25.2 Å². The molecule has 0 radical (unpaired) electrons. The summed E-state index contributed by atoms with van der Waals surface area (Å²) in [7, 11) is 1.59. The lowest BCUT2D eigenvalue weighted by molar-refractivity contribution is 0.0696. The monoisotopic (exact) mass is 359 g/mol. The van der Waals surface area contributed by atoms with Gasteiger partial charge in [-0.3, -0.25) is 4.79 Å². The van der Waals surface area contributed by atoms with Gasteiger partial charge in [0, 0.05) is 11.5 Å². The van der Waals surface area contributed by atoms with Gasteiger partial charge in [-0.15, -0.1) is 0 Å². The number of aromatic hydroxyl groups is 3. The van der Waals surface area contributed by atoms with E-state index in [1.54, 1.807) is 13.2 Å². The molecule has 5 N–H and O–H groups in total. The van der Waals surface area contributed by atoms with Crippen molar-refractivity contribution in [2.45, 2.75) is 6.92 Å². The zero-order valence-electron chi connectivity index (χ0n) is 14.0. The maximum atomic E-state index is 11.3. The summed E-state index contributed by atoms with van der Waals surface area (Å²) in [5.41, 5.74) is 1.34. The number of aromatic nitrogens is 1. The molecule has 0 unspecified atom stereocenters. The predicted molar refractivity (Wildman–Crippen MR) is 94.3 cm³/mol. The quantitative estimate of drug-likeness (QED) is 0.442. The first-order valence-corrected chi connectivity index (χ1v) is 7.39. The van der Waals surface area contributed by atoms with Crippen LogP contribution in [0.3, 0.4) is 0 Å². The number of carboxylic acid groups (broad SMARTS) is 1. The van der Waals surface area contributed by atoms with E-state index >= 15 is 0 Å². The Labute approximate surface area is 147 Å². The molecule has 0 spiro atoms. The molecule has 136 valence electrons. The SMILES string of the molecule is COc1cccc2c(C)cc(=O)[nH]c12.O=C(O)c1cc(O)c(O)c(O)c1. The highest BCUT2D eigenvalue weighted by Crippen LogP contribution is 2.35. The maximum Gasteiger partial charge on any atom is 0.335 e. The topological polar surface area (TPSA) is 140 Å². The number of phenolic OH excluding ortho intramolecular Hbond substituents is 3. The second-order valence-electron chi connectivity index (χ2n) is 5.37. The number of hydrogen-bond donors (Lipinski definition) is 5. The third-order valence-electron chi connectivity index (χ3n) is 3.58. The molecule has 0 aliphatic heterocycles. The number of methoxy groups -OCH3 is 1. The standard InChI is InChI=1S/C11H11NO2.C7H6O5/c1-7-6-10(13)12-11-8(7)4-3-5-9(11)14-2;8-4-1-3(7(11)12)2-5(9)6(4)10/h3-6H,1-2H3,(H,12,13);1-2,8-10H,(H,11,12). The molecular formula is C18H17NO7. The Kier molecular flexibility index (Phi) is 5.36. The number of aryl methyl sites for hydroxylation is 1. The van der Waals surface area contributed by atoms with Crippen LogP contribution in [-0.2, 0) is 0 Å². The molecule has 8 nitrogen and oxygen atoms in total. The zero-order valence-corrected chi connectivity index (χ0v) is 14.0. The number of ether oxygens (including phenoxy) is 1. The number of hydrogen-bond acceptors (Lipinski definition) is 6. The fourth-order valence-electron chi connectivity index (χ4n) is 2.32. The number of aromatic carboxylic acids is 1. The lowest BCUT2D eigenvalue weighted by Crippen LogP contribution is -2.05. The van der Waals surface area contributed by atoms with E-state index in [0.29, 0.717) is 5.75 Å². The molecule has 1 aromatic heterocycles. The fourth-order valence-corrected chi connectivity index (χ4v) is 2.32. The molecule has 1 heterocycles. The Balaban J connectivity index is 0.000000190. The number of para-hydroxylation sites is 1. The van der Waals surface area contributed by atoms with Gasteiger partial charge in [0.15, 0.2) is 17.2 Å². The molecule has 3 aromatic rings. The first-order valence-electron chi connectivity index (χ1n) is 7.39. The normalized spacial score (nSPS) is 10.1. The highest BCUT2D eigenvalue weighted by molar-refractivity contribution is 5.89. The van der Waals surface area contributed by atoms with Gasteiger partial charge in [0.25, 0.3) is 0 Å². The summed E-state index contributed by atoms with van der Waals surface area (Å²) >= 11 is 0. The molecule has 3 rings (SSSR count). The molecule has 0 aliphatic carbocycles. The van der Waals surface area contributed by atoms with Gasteiger partial charge in [-0.25, -0.2) is 4.79 Å². The van der Waals surface area contributed by atoms with Crippen molar-refractivity contribution in [3.63, 3.8) is 0 Å². The number of rotatable bonds is 2. The summed E-state index contributed by atoms with van der Waals surface area (Å²) in [5, 5.41) is 36.0. The van der Waals surface area contributed by atoms with E-state index < -0.39 is 23.2 Å². The van der Waals surface area contributed by atoms with Gasteiger partial charge in [-0.05, 0) is 30.7 Å². The highest BCUT2D eigenvalue weighted by atomic mass is 16.5. The number of carboxylic acids is 1. The molecular weight excluding hydrogens is 342 g/mol. The summed E-state index contributed by atoms with van der Waals surface area (Å²) < 4.78 is 5.17. The van der Waals surface area contributed by atoms with E-state index in [1.807, 2.05) is 25.1 Å². The van der Waals surface area contributed by atoms with E-state index in [1.165, 1.54) is 0 Å². The van der Waals surface area contributed by atoms with Crippen LogP contribution in [0.5, 0.6) is 23.0 Å². The molecule has 0 amide bonds. The number of fused-ring (bicyclic) bond motifs is 1. The molecule has 0 bridgehead atoms. The number of nitrogens with one attached hydrogen (secondary N) is 1. The third kappa shape index (κ3) is 3.86. The summed E-state index contributed by atoms with van der Waals surface area (Å²) in [6.07, 6.45) is 0. The van der Waals surface area contributed by atoms with E-state index in [-0.39, 0.29) is 11.1 Å². The van der Waals surface area contributed by atoms with Crippen molar-refractivity contribution in [1.29, 1.82) is 0 Å². The van der Waals surface area contributed by atoms with Gasteiger partial charge in [0.2, 0.25) is 5.56 Å². The average molecular weight is 359 g/mol. The first kappa shape index (κ1) is 18.7. The van der Waals surface area contributed by atoms with Crippen LogP contribution in [0.4, 0.5) is 0 Å². The van der Waals surface area contributed by atoms with E-state index in [0.717, 1.165) is 28.6 Å². The van der Waals surface area contributed by atoms with Crippen molar-refractivity contribution in [3.05, 3.63) is 57.9 Å². The van der Waals surface area contributed by atoms with Crippen molar-refractivity contribution >= 4 is 16.9 Å². The Morgan fingerprint density at radius 2 is 1.69 bits per heavy atom. The minimum Gasteiger partial charge on any atom is -0.504 e. The van der Waals surface area contributed by atoms with Gasteiger partial charge < -0.3 is 30.1 Å². The Hall–Kier alpha value is -3.68. The summed E-state index contributed by atoms with van der Waals surface area (Å²) in [5.74, 6) is -2.64. The molecule has 0 atom stereocenters. The van der Waals surface area contributed by atoms with Crippen LogP contribution in [0.15, 0.2) is 41.2 Å². The summed E-state index contributed by atoms with van der Waals surface area (Å²) in [4.78, 5) is 24.3. The van der Waals surface area contributed by atoms with Crippen LogP contribution < -0.4 is 10.3 Å². The Bertz CT molecular complexity index is 1000. The van der Waals surface area contributed by atoms with E-state index in [2.05, 4.69) is 4.98 Å². The average Bonchev–Trinajstić information content (AvgIpc) is 2.59. The van der Waals surface area contributed by atoms with Crippen LogP contribution in [0.1, 0.15) is 15.9 Å². The lowest BCUT2D eigenvalue weighted by atomic mass is 10.1. The molecule has 0 saturated carbocycles. The zero-order chi connectivity index (χ0) is 19.4. The molecule has 2 aromatic carbocycles. The van der Waals surface area contributed by atoms with Crippen LogP contribution in [0, 0.1) is 6.92 Å². The fraction of sp³-hybridized carbons (Fsp3) is 0.111. The summed E-state index contributed by atoms with van der Waals surface area (Å²) in [6.45, 7) is 1.91. The van der Waals surface area contributed by atoms with Crippen molar-refractivity contribution in [2.75, 3.05) is 7.11 Å². The Morgan fingerprint density at radius 1 is 1.08 bits per heavy atom. The third-order valence-corrected chi connectivity index (χ3v) is 3.58. The van der Waals surface area contributed by atoms with Crippen LogP contribution in [-0.4, -0.2) is 38.5 Å². The maximum absolute atomic E-state index is 11.3. The molecule has 8 heteroatoms. The van der Waals surface area contributed by atoms with E-state index in [9.17, 15) is 9.59 Å².